The van der Waals surface area contributed by atoms with E-state index >= 15 is 0 Å². The molecule has 0 aliphatic rings. The molecule has 0 bridgehead atoms. The SMILES string of the molecule is CCOCCOCCNC(N)=O. The lowest BCUT2D eigenvalue weighted by atomic mass is 10.6. The van der Waals surface area contributed by atoms with Crippen LogP contribution >= 0.6 is 0 Å². The molecule has 0 radical (unpaired) electrons. The van der Waals surface area contributed by atoms with Gasteiger partial charge in [-0.1, -0.05) is 0 Å². The van der Waals surface area contributed by atoms with Crippen LogP contribution in [0.5, 0.6) is 0 Å². The zero-order valence-corrected chi connectivity index (χ0v) is 7.34. The smallest absolute Gasteiger partial charge is 0.312 e. The van der Waals surface area contributed by atoms with Crippen molar-refractivity contribution < 1.29 is 14.3 Å². The summed E-state index contributed by atoms with van der Waals surface area (Å²) in [5.41, 5.74) is 4.82. The van der Waals surface area contributed by atoms with Crippen molar-refractivity contribution in [1.29, 1.82) is 0 Å². The van der Waals surface area contributed by atoms with Crippen molar-refractivity contribution in [3.63, 3.8) is 0 Å². The number of primary amides is 1. The second-order valence-corrected chi connectivity index (χ2v) is 2.10. The molecule has 2 amide bonds. The van der Waals surface area contributed by atoms with Gasteiger partial charge in [0.2, 0.25) is 0 Å². The maximum atomic E-state index is 10.2. The lowest BCUT2D eigenvalue weighted by Gasteiger charge is -2.04. The molecular formula is C7H16N2O3. The van der Waals surface area contributed by atoms with Gasteiger partial charge in [0, 0.05) is 13.2 Å². The number of urea groups is 1. The first-order chi connectivity index (χ1) is 5.77. The summed E-state index contributed by atoms with van der Waals surface area (Å²) < 4.78 is 10.1. The van der Waals surface area contributed by atoms with E-state index < -0.39 is 6.03 Å². The van der Waals surface area contributed by atoms with Crippen molar-refractivity contribution in [3.05, 3.63) is 0 Å². The van der Waals surface area contributed by atoms with Gasteiger partial charge in [-0.2, -0.15) is 0 Å². The Bertz CT molecular complexity index is 119. The van der Waals surface area contributed by atoms with E-state index in [1.165, 1.54) is 0 Å². The normalized spacial score (nSPS) is 9.75. The fraction of sp³-hybridized carbons (Fsp3) is 0.857. The Labute approximate surface area is 72.2 Å². The Morgan fingerprint density at radius 1 is 1.33 bits per heavy atom. The quantitative estimate of drug-likeness (QED) is 0.523. The minimum Gasteiger partial charge on any atom is -0.379 e. The van der Waals surface area contributed by atoms with Crippen molar-refractivity contribution >= 4 is 6.03 Å². The molecule has 0 fully saturated rings. The van der Waals surface area contributed by atoms with Gasteiger partial charge in [0.05, 0.1) is 19.8 Å². The summed E-state index contributed by atoms with van der Waals surface area (Å²) in [7, 11) is 0. The lowest BCUT2D eigenvalue weighted by molar-refractivity contribution is 0.0546. The molecule has 0 unspecified atom stereocenters. The van der Waals surface area contributed by atoms with Crippen LogP contribution in [0.4, 0.5) is 4.79 Å². The molecule has 0 heterocycles. The Morgan fingerprint density at radius 3 is 2.58 bits per heavy atom. The number of ether oxygens (including phenoxy) is 2. The molecule has 0 aromatic rings. The van der Waals surface area contributed by atoms with Crippen LogP contribution in [0.15, 0.2) is 0 Å². The Morgan fingerprint density at radius 2 is 2.00 bits per heavy atom. The zero-order valence-electron chi connectivity index (χ0n) is 7.34. The molecule has 0 saturated heterocycles. The molecule has 0 rings (SSSR count). The minimum atomic E-state index is -0.525. The highest BCUT2D eigenvalue weighted by atomic mass is 16.5. The van der Waals surface area contributed by atoms with E-state index in [1.54, 1.807) is 0 Å². The summed E-state index contributed by atoms with van der Waals surface area (Å²) in [4.78, 5) is 10.2. The Balaban J connectivity index is 2.86. The molecule has 5 heteroatoms. The first kappa shape index (κ1) is 11.2. The average Bonchev–Trinajstić information content (AvgIpc) is 2.02. The molecule has 12 heavy (non-hydrogen) atoms. The van der Waals surface area contributed by atoms with Crippen molar-refractivity contribution in [2.75, 3.05) is 33.0 Å². The van der Waals surface area contributed by atoms with Crippen LogP contribution in [0.3, 0.4) is 0 Å². The number of carbonyl (C=O) groups is 1. The highest BCUT2D eigenvalue weighted by Crippen LogP contribution is 1.76. The van der Waals surface area contributed by atoms with Crippen LogP contribution < -0.4 is 11.1 Å². The number of amides is 2. The molecule has 0 atom stereocenters. The zero-order chi connectivity index (χ0) is 9.23. The minimum absolute atomic E-state index is 0.446. The molecule has 3 N–H and O–H groups in total. The van der Waals surface area contributed by atoms with Gasteiger partial charge in [-0.25, -0.2) is 4.79 Å². The van der Waals surface area contributed by atoms with Gasteiger partial charge < -0.3 is 20.5 Å². The van der Waals surface area contributed by atoms with Crippen LogP contribution in [0.25, 0.3) is 0 Å². The molecule has 0 aliphatic carbocycles. The second-order valence-electron chi connectivity index (χ2n) is 2.10. The summed E-state index contributed by atoms with van der Waals surface area (Å²) in [6, 6.07) is -0.525. The molecule has 0 aromatic carbocycles. The van der Waals surface area contributed by atoms with Crippen LogP contribution in [0.2, 0.25) is 0 Å². The maximum Gasteiger partial charge on any atom is 0.312 e. The van der Waals surface area contributed by atoms with E-state index in [-0.39, 0.29) is 0 Å². The van der Waals surface area contributed by atoms with Crippen molar-refractivity contribution in [1.82, 2.24) is 5.32 Å². The third kappa shape index (κ3) is 9.19. The summed E-state index contributed by atoms with van der Waals surface area (Å²) in [5.74, 6) is 0. The van der Waals surface area contributed by atoms with Crippen LogP contribution in [0, 0.1) is 0 Å². The van der Waals surface area contributed by atoms with Crippen LogP contribution in [0.1, 0.15) is 6.92 Å². The number of hydrogen-bond acceptors (Lipinski definition) is 3. The fourth-order valence-electron chi connectivity index (χ4n) is 0.611. The van der Waals surface area contributed by atoms with Crippen molar-refractivity contribution in [3.8, 4) is 0 Å². The predicted octanol–water partition coefficient (Wildman–Crippen LogP) is -0.292. The molecule has 0 aromatic heterocycles. The third-order valence-corrected chi connectivity index (χ3v) is 1.12. The van der Waals surface area contributed by atoms with E-state index in [0.717, 1.165) is 0 Å². The third-order valence-electron chi connectivity index (χ3n) is 1.12. The number of carbonyl (C=O) groups excluding carboxylic acids is 1. The number of nitrogens with one attached hydrogen (secondary N) is 1. The molecular weight excluding hydrogens is 160 g/mol. The fourth-order valence-corrected chi connectivity index (χ4v) is 0.611. The predicted molar refractivity (Wildman–Crippen MR) is 44.9 cm³/mol. The van der Waals surface area contributed by atoms with E-state index in [4.69, 9.17) is 15.2 Å². The van der Waals surface area contributed by atoms with Gasteiger partial charge in [-0.05, 0) is 6.92 Å². The van der Waals surface area contributed by atoms with Gasteiger partial charge in [-0.15, -0.1) is 0 Å². The number of hydrogen-bond donors (Lipinski definition) is 2. The average molecular weight is 176 g/mol. The monoisotopic (exact) mass is 176 g/mol. The first-order valence-corrected chi connectivity index (χ1v) is 3.96. The van der Waals surface area contributed by atoms with Crippen molar-refractivity contribution in [2.45, 2.75) is 6.92 Å². The highest BCUT2D eigenvalue weighted by Gasteiger charge is 1.90. The number of nitrogens with two attached hydrogens (primary N) is 1. The largest absolute Gasteiger partial charge is 0.379 e. The van der Waals surface area contributed by atoms with Gasteiger partial charge in [-0.3, -0.25) is 0 Å². The van der Waals surface area contributed by atoms with Gasteiger partial charge >= 0.3 is 6.03 Å². The van der Waals surface area contributed by atoms with E-state index in [9.17, 15) is 4.79 Å². The Kier molecular flexibility index (Phi) is 7.73. The van der Waals surface area contributed by atoms with Crippen LogP contribution in [-0.2, 0) is 9.47 Å². The van der Waals surface area contributed by atoms with E-state index in [2.05, 4.69) is 5.32 Å². The van der Waals surface area contributed by atoms with Gasteiger partial charge in [0.25, 0.3) is 0 Å². The van der Waals surface area contributed by atoms with Crippen LogP contribution in [-0.4, -0.2) is 39.0 Å². The topological polar surface area (TPSA) is 73.6 Å². The number of rotatable bonds is 7. The molecule has 72 valence electrons. The highest BCUT2D eigenvalue weighted by molar-refractivity contribution is 5.71. The first-order valence-electron chi connectivity index (χ1n) is 3.96. The van der Waals surface area contributed by atoms with Crippen molar-refractivity contribution in [2.24, 2.45) is 5.73 Å². The lowest BCUT2D eigenvalue weighted by Crippen LogP contribution is -2.32. The van der Waals surface area contributed by atoms with E-state index in [0.29, 0.717) is 33.0 Å². The standard InChI is InChI=1S/C7H16N2O3/c1-2-11-5-6-12-4-3-9-7(8)10/h2-6H2,1H3,(H3,8,9,10). The summed E-state index contributed by atoms with van der Waals surface area (Å²) in [5, 5.41) is 2.41. The summed E-state index contributed by atoms with van der Waals surface area (Å²) in [6.07, 6.45) is 0. The molecule has 0 aliphatic heterocycles. The maximum absolute atomic E-state index is 10.2. The second kappa shape index (κ2) is 8.29. The Hall–Kier alpha value is -0.810. The van der Waals surface area contributed by atoms with E-state index in [1.807, 2.05) is 6.92 Å². The van der Waals surface area contributed by atoms with Gasteiger partial charge in [0.1, 0.15) is 0 Å². The summed E-state index contributed by atoms with van der Waals surface area (Å²) >= 11 is 0. The molecule has 5 nitrogen and oxygen atoms in total. The summed E-state index contributed by atoms with van der Waals surface area (Å²) in [6.45, 7) is 4.68. The molecule has 0 saturated carbocycles. The molecule has 0 spiro atoms. The van der Waals surface area contributed by atoms with Gasteiger partial charge in [0.15, 0.2) is 0 Å².